The van der Waals surface area contributed by atoms with Gasteiger partial charge in [0.2, 0.25) is 0 Å². The number of aliphatic hydroxyl groups is 1. The van der Waals surface area contributed by atoms with Gasteiger partial charge < -0.3 is 20.6 Å². The molecule has 1 aliphatic heterocycles. The molecule has 18 heavy (non-hydrogen) atoms. The molecule has 2 unspecified atom stereocenters. The molecule has 1 heterocycles. The second-order valence-corrected chi connectivity index (χ2v) is 6.04. The van der Waals surface area contributed by atoms with Gasteiger partial charge in [0.25, 0.3) is 0 Å². The fraction of sp³-hybridized carbons (Fsp3) is 1.00. The summed E-state index contributed by atoms with van der Waals surface area (Å²) in [6, 6.07) is 0.699. The molecule has 1 saturated heterocycles. The van der Waals surface area contributed by atoms with E-state index >= 15 is 0 Å². The molecule has 2 atom stereocenters. The average Bonchev–Trinajstić information content (AvgIpc) is 2.39. The molecular formula is C14H31N3O. The predicted molar refractivity (Wildman–Crippen MR) is 76.7 cm³/mol. The lowest BCUT2D eigenvalue weighted by atomic mass is 9.92. The first-order valence-electron chi connectivity index (χ1n) is 7.29. The molecule has 1 rings (SSSR count). The normalized spacial score (nSPS) is 25.3. The maximum Gasteiger partial charge on any atom is 0.0611 e. The van der Waals surface area contributed by atoms with Crippen molar-refractivity contribution in [3.05, 3.63) is 0 Å². The number of aliphatic hydroxyl groups excluding tert-OH is 1. The maximum atomic E-state index is 9.29. The van der Waals surface area contributed by atoms with Crippen LogP contribution in [0.3, 0.4) is 0 Å². The lowest BCUT2D eigenvalue weighted by Gasteiger charge is -2.36. The van der Waals surface area contributed by atoms with Gasteiger partial charge in [0.1, 0.15) is 0 Å². The summed E-state index contributed by atoms with van der Waals surface area (Å²) in [5.41, 5.74) is 5.75. The van der Waals surface area contributed by atoms with E-state index in [1.165, 1.54) is 25.9 Å². The largest absolute Gasteiger partial charge is 0.394 e. The van der Waals surface area contributed by atoms with Crippen molar-refractivity contribution in [1.82, 2.24) is 9.80 Å². The minimum Gasteiger partial charge on any atom is -0.394 e. The van der Waals surface area contributed by atoms with Gasteiger partial charge in [-0.3, -0.25) is 0 Å². The second kappa shape index (κ2) is 7.43. The Morgan fingerprint density at radius 3 is 2.72 bits per heavy atom. The first-order chi connectivity index (χ1) is 8.50. The number of nitrogens with zero attached hydrogens (tertiary/aromatic N) is 2. The van der Waals surface area contributed by atoms with Crippen LogP contribution < -0.4 is 5.73 Å². The van der Waals surface area contributed by atoms with Gasteiger partial charge >= 0.3 is 0 Å². The zero-order chi connectivity index (χ0) is 13.6. The summed E-state index contributed by atoms with van der Waals surface area (Å²) in [6.07, 6.45) is 5.47. The predicted octanol–water partition coefficient (Wildman–Crippen LogP) is 0.892. The fourth-order valence-corrected chi connectivity index (χ4v) is 2.68. The van der Waals surface area contributed by atoms with Crippen molar-refractivity contribution in [2.24, 2.45) is 5.73 Å². The van der Waals surface area contributed by atoms with E-state index in [0.29, 0.717) is 6.04 Å². The van der Waals surface area contributed by atoms with Crippen molar-refractivity contribution in [3.8, 4) is 0 Å². The van der Waals surface area contributed by atoms with Gasteiger partial charge in [-0.1, -0.05) is 6.92 Å². The molecule has 4 heteroatoms. The van der Waals surface area contributed by atoms with Crippen molar-refractivity contribution in [3.63, 3.8) is 0 Å². The molecule has 1 aliphatic rings. The van der Waals surface area contributed by atoms with Gasteiger partial charge in [0.05, 0.1) is 6.61 Å². The number of rotatable bonds is 7. The Hall–Kier alpha value is -0.160. The van der Waals surface area contributed by atoms with Crippen molar-refractivity contribution in [2.45, 2.75) is 50.6 Å². The molecule has 3 N–H and O–H groups in total. The van der Waals surface area contributed by atoms with Gasteiger partial charge in [-0.15, -0.1) is 0 Å². The van der Waals surface area contributed by atoms with E-state index in [2.05, 4.69) is 30.8 Å². The monoisotopic (exact) mass is 257 g/mol. The smallest absolute Gasteiger partial charge is 0.0611 e. The fourth-order valence-electron chi connectivity index (χ4n) is 2.68. The van der Waals surface area contributed by atoms with Crippen LogP contribution in [0, 0.1) is 0 Å². The highest BCUT2D eigenvalue weighted by atomic mass is 16.3. The summed E-state index contributed by atoms with van der Waals surface area (Å²) < 4.78 is 0. The lowest BCUT2D eigenvalue weighted by Crippen LogP contribution is -2.46. The SMILES string of the molecule is CCC(N)(CO)CCCN1CCCC(N(C)C)C1. The Balaban J connectivity index is 2.27. The van der Waals surface area contributed by atoms with Crippen LogP contribution in [0.4, 0.5) is 0 Å². The van der Waals surface area contributed by atoms with E-state index in [-0.39, 0.29) is 12.1 Å². The van der Waals surface area contributed by atoms with E-state index < -0.39 is 0 Å². The summed E-state index contributed by atoms with van der Waals surface area (Å²) in [4.78, 5) is 4.88. The number of hydrogen-bond acceptors (Lipinski definition) is 4. The summed E-state index contributed by atoms with van der Waals surface area (Å²) in [7, 11) is 4.34. The highest BCUT2D eigenvalue weighted by Gasteiger charge is 2.24. The van der Waals surface area contributed by atoms with Gasteiger partial charge in [0.15, 0.2) is 0 Å². The van der Waals surface area contributed by atoms with Gasteiger partial charge in [-0.2, -0.15) is 0 Å². The summed E-state index contributed by atoms with van der Waals surface area (Å²) in [5.74, 6) is 0. The van der Waals surface area contributed by atoms with Crippen LogP contribution in [0.15, 0.2) is 0 Å². The third kappa shape index (κ3) is 4.84. The first kappa shape index (κ1) is 15.9. The quantitative estimate of drug-likeness (QED) is 0.711. The molecule has 108 valence electrons. The highest BCUT2D eigenvalue weighted by Crippen LogP contribution is 2.17. The van der Waals surface area contributed by atoms with Crippen LogP contribution in [0.25, 0.3) is 0 Å². The van der Waals surface area contributed by atoms with E-state index in [0.717, 1.165) is 25.8 Å². The second-order valence-electron chi connectivity index (χ2n) is 6.04. The van der Waals surface area contributed by atoms with Crippen molar-refractivity contribution in [2.75, 3.05) is 40.3 Å². The highest BCUT2D eigenvalue weighted by molar-refractivity contribution is 4.83. The first-order valence-corrected chi connectivity index (χ1v) is 7.29. The minimum atomic E-state index is -0.364. The van der Waals surface area contributed by atoms with E-state index in [4.69, 9.17) is 5.73 Å². The topological polar surface area (TPSA) is 52.7 Å². The molecule has 0 saturated carbocycles. The summed E-state index contributed by atoms with van der Waals surface area (Å²) >= 11 is 0. The van der Waals surface area contributed by atoms with E-state index in [1.54, 1.807) is 0 Å². The molecule has 1 fully saturated rings. The average molecular weight is 257 g/mol. The Morgan fingerprint density at radius 2 is 2.17 bits per heavy atom. The molecule has 0 aromatic rings. The summed E-state index contributed by atoms with van der Waals surface area (Å²) in [6.45, 7) is 5.66. The number of hydrogen-bond donors (Lipinski definition) is 2. The van der Waals surface area contributed by atoms with Gasteiger partial charge in [-0.25, -0.2) is 0 Å². The van der Waals surface area contributed by atoms with E-state index in [1.807, 2.05) is 0 Å². The standard InChI is InChI=1S/C14H31N3O/c1-4-14(15,12-18)8-6-10-17-9-5-7-13(11-17)16(2)3/h13,18H,4-12,15H2,1-3H3. The van der Waals surface area contributed by atoms with Crippen LogP contribution in [0.5, 0.6) is 0 Å². The van der Waals surface area contributed by atoms with Crippen molar-refractivity contribution >= 4 is 0 Å². The Labute approximate surface area is 112 Å². The van der Waals surface area contributed by atoms with Crippen LogP contribution in [-0.2, 0) is 0 Å². The lowest BCUT2D eigenvalue weighted by molar-refractivity contribution is 0.124. The molecule has 0 bridgehead atoms. The zero-order valence-electron chi connectivity index (χ0n) is 12.4. The van der Waals surface area contributed by atoms with Crippen LogP contribution >= 0.6 is 0 Å². The van der Waals surface area contributed by atoms with Crippen LogP contribution in [0.2, 0.25) is 0 Å². The molecular weight excluding hydrogens is 226 g/mol. The number of likely N-dealkylation sites (N-methyl/N-ethyl adjacent to an activating group) is 1. The van der Waals surface area contributed by atoms with Gasteiger partial charge in [-0.05, 0) is 59.3 Å². The molecule has 0 radical (unpaired) electrons. The minimum absolute atomic E-state index is 0.101. The zero-order valence-corrected chi connectivity index (χ0v) is 12.4. The molecule has 0 aromatic heterocycles. The van der Waals surface area contributed by atoms with Gasteiger partial charge in [0, 0.05) is 18.1 Å². The third-order valence-electron chi connectivity index (χ3n) is 4.38. The van der Waals surface area contributed by atoms with Crippen molar-refractivity contribution in [1.29, 1.82) is 0 Å². The molecule has 0 spiro atoms. The van der Waals surface area contributed by atoms with E-state index in [9.17, 15) is 5.11 Å². The molecule has 0 amide bonds. The molecule has 0 aromatic carbocycles. The maximum absolute atomic E-state index is 9.29. The Morgan fingerprint density at radius 1 is 1.44 bits per heavy atom. The molecule has 0 aliphatic carbocycles. The Bertz CT molecular complexity index is 229. The number of likely N-dealkylation sites (tertiary alicyclic amines) is 1. The Kier molecular flexibility index (Phi) is 6.57. The molecule has 4 nitrogen and oxygen atoms in total. The van der Waals surface area contributed by atoms with Crippen molar-refractivity contribution < 1.29 is 5.11 Å². The summed E-state index contributed by atoms with van der Waals surface area (Å²) in [5, 5.41) is 9.29. The number of piperidine rings is 1. The number of nitrogens with two attached hydrogens (primary N) is 1. The van der Waals surface area contributed by atoms with Crippen LogP contribution in [0.1, 0.15) is 39.0 Å². The van der Waals surface area contributed by atoms with Crippen LogP contribution in [-0.4, -0.2) is 66.8 Å². The third-order valence-corrected chi connectivity index (χ3v) is 4.38.